The molecule has 0 aliphatic carbocycles. The van der Waals surface area contributed by atoms with Gasteiger partial charge in [-0.15, -0.1) is 0 Å². The van der Waals surface area contributed by atoms with E-state index in [2.05, 4.69) is 9.97 Å². The number of aromatic nitrogens is 2. The van der Waals surface area contributed by atoms with Gasteiger partial charge in [-0.05, 0) is 31.2 Å². The summed E-state index contributed by atoms with van der Waals surface area (Å²) in [6.45, 7) is 1.63. The van der Waals surface area contributed by atoms with Gasteiger partial charge >= 0.3 is 5.97 Å². The Kier molecular flexibility index (Phi) is 3.62. The van der Waals surface area contributed by atoms with E-state index in [0.717, 1.165) is 5.69 Å². The van der Waals surface area contributed by atoms with Crippen molar-refractivity contribution in [2.45, 2.75) is 6.92 Å². The highest BCUT2D eigenvalue weighted by atomic mass is 16.4. The third kappa shape index (κ3) is 2.57. The Labute approximate surface area is 115 Å². The van der Waals surface area contributed by atoms with Gasteiger partial charge in [-0.3, -0.25) is 0 Å². The molecule has 20 heavy (non-hydrogen) atoms. The summed E-state index contributed by atoms with van der Waals surface area (Å²) in [5.74, 6) is -0.646. The second-order valence-electron chi connectivity index (χ2n) is 4.19. The van der Waals surface area contributed by atoms with Crippen molar-refractivity contribution in [2.75, 3.05) is 11.9 Å². The Morgan fingerprint density at radius 3 is 2.50 bits per heavy atom. The van der Waals surface area contributed by atoms with Gasteiger partial charge in [-0.2, -0.15) is 5.26 Å². The topological polar surface area (TPSA) is 90.1 Å². The molecule has 6 nitrogen and oxygen atoms in total. The van der Waals surface area contributed by atoms with Crippen molar-refractivity contribution in [2.24, 2.45) is 0 Å². The molecule has 1 heterocycles. The normalized spacial score (nSPS) is 9.85. The van der Waals surface area contributed by atoms with Gasteiger partial charge in [0.25, 0.3) is 0 Å². The van der Waals surface area contributed by atoms with Crippen molar-refractivity contribution in [1.82, 2.24) is 9.97 Å². The predicted octanol–water partition coefficient (Wildman–Crippen LogP) is 2.12. The summed E-state index contributed by atoms with van der Waals surface area (Å²) in [7, 11) is 1.77. The summed E-state index contributed by atoms with van der Waals surface area (Å²) in [6.07, 6.45) is 1.29. The first-order valence-corrected chi connectivity index (χ1v) is 5.83. The van der Waals surface area contributed by atoms with E-state index in [1.165, 1.54) is 6.20 Å². The van der Waals surface area contributed by atoms with Crippen molar-refractivity contribution in [3.8, 4) is 6.07 Å². The number of benzene rings is 1. The van der Waals surface area contributed by atoms with Gasteiger partial charge in [0.2, 0.25) is 5.95 Å². The van der Waals surface area contributed by atoms with Crippen LogP contribution in [0, 0.1) is 18.3 Å². The van der Waals surface area contributed by atoms with E-state index in [9.17, 15) is 4.79 Å². The number of anilines is 2. The number of carboxylic acids is 1. The highest BCUT2D eigenvalue weighted by Crippen LogP contribution is 2.21. The maximum atomic E-state index is 10.9. The molecule has 1 aromatic heterocycles. The molecule has 0 unspecified atom stereocenters. The zero-order chi connectivity index (χ0) is 14.7. The van der Waals surface area contributed by atoms with E-state index in [1.807, 2.05) is 6.07 Å². The molecule has 0 bridgehead atoms. The van der Waals surface area contributed by atoms with E-state index in [-0.39, 0.29) is 5.56 Å². The van der Waals surface area contributed by atoms with Gasteiger partial charge in [0.1, 0.15) is 0 Å². The van der Waals surface area contributed by atoms with Gasteiger partial charge in [0.05, 0.1) is 22.9 Å². The zero-order valence-corrected chi connectivity index (χ0v) is 11.0. The smallest absolute Gasteiger partial charge is 0.339 e. The molecule has 0 fully saturated rings. The van der Waals surface area contributed by atoms with Crippen LogP contribution in [0.4, 0.5) is 11.6 Å². The number of aryl methyl sites for hydroxylation is 1. The van der Waals surface area contributed by atoms with Crippen LogP contribution in [0.1, 0.15) is 21.6 Å². The minimum absolute atomic E-state index is 0.0852. The SMILES string of the molecule is Cc1nc(N(C)c2ccc(C#N)cc2)ncc1C(=O)O. The molecule has 0 saturated heterocycles. The lowest BCUT2D eigenvalue weighted by molar-refractivity contribution is 0.0695. The van der Waals surface area contributed by atoms with E-state index in [0.29, 0.717) is 17.2 Å². The largest absolute Gasteiger partial charge is 0.478 e. The molecule has 0 amide bonds. The third-order valence-electron chi connectivity index (χ3n) is 2.88. The first-order valence-electron chi connectivity index (χ1n) is 5.83. The van der Waals surface area contributed by atoms with Gasteiger partial charge in [-0.1, -0.05) is 0 Å². The molecule has 2 aromatic rings. The van der Waals surface area contributed by atoms with Crippen molar-refractivity contribution in [1.29, 1.82) is 5.26 Å². The number of carbonyl (C=O) groups is 1. The first-order chi connectivity index (χ1) is 9.52. The Morgan fingerprint density at radius 2 is 2.00 bits per heavy atom. The molecule has 0 atom stereocenters. The number of carboxylic acid groups (broad SMARTS) is 1. The summed E-state index contributed by atoms with van der Waals surface area (Å²) in [4.78, 5) is 20.9. The number of aromatic carboxylic acids is 1. The molecule has 0 aliphatic rings. The van der Waals surface area contributed by atoms with Crippen LogP contribution in [-0.2, 0) is 0 Å². The fraction of sp³-hybridized carbons (Fsp3) is 0.143. The minimum Gasteiger partial charge on any atom is -0.478 e. The maximum Gasteiger partial charge on any atom is 0.339 e. The Morgan fingerprint density at radius 1 is 1.35 bits per heavy atom. The highest BCUT2D eigenvalue weighted by molar-refractivity contribution is 5.88. The van der Waals surface area contributed by atoms with Gasteiger partial charge in [0.15, 0.2) is 0 Å². The molecule has 100 valence electrons. The Hall–Kier alpha value is -2.94. The summed E-state index contributed by atoms with van der Waals surface area (Å²) < 4.78 is 0. The highest BCUT2D eigenvalue weighted by Gasteiger charge is 2.13. The second kappa shape index (κ2) is 5.36. The van der Waals surface area contributed by atoms with Crippen LogP contribution in [0.3, 0.4) is 0 Å². The van der Waals surface area contributed by atoms with Crippen LogP contribution in [0.5, 0.6) is 0 Å². The molecule has 0 aliphatic heterocycles. The van der Waals surface area contributed by atoms with Crippen LogP contribution in [0.15, 0.2) is 30.5 Å². The molecule has 0 radical (unpaired) electrons. The Bertz CT molecular complexity index is 689. The van der Waals surface area contributed by atoms with Crippen molar-refractivity contribution >= 4 is 17.6 Å². The van der Waals surface area contributed by atoms with Crippen molar-refractivity contribution in [3.63, 3.8) is 0 Å². The van der Waals surface area contributed by atoms with E-state index in [1.54, 1.807) is 43.1 Å². The molecule has 0 saturated carbocycles. The maximum absolute atomic E-state index is 10.9. The monoisotopic (exact) mass is 268 g/mol. The Balaban J connectivity index is 2.33. The number of hydrogen-bond donors (Lipinski definition) is 1. The van der Waals surface area contributed by atoms with E-state index >= 15 is 0 Å². The van der Waals surface area contributed by atoms with E-state index < -0.39 is 5.97 Å². The van der Waals surface area contributed by atoms with E-state index in [4.69, 9.17) is 10.4 Å². The quantitative estimate of drug-likeness (QED) is 0.917. The first kappa shape index (κ1) is 13.5. The zero-order valence-electron chi connectivity index (χ0n) is 11.0. The van der Waals surface area contributed by atoms with Crippen LogP contribution in [0.25, 0.3) is 0 Å². The molecule has 1 aromatic carbocycles. The number of nitrogens with zero attached hydrogens (tertiary/aromatic N) is 4. The van der Waals surface area contributed by atoms with Crippen molar-refractivity contribution < 1.29 is 9.90 Å². The predicted molar refractivity (Wildman–Crippen MR) is 72.9 cm³/mol. The number of hydrogen-bond acceptors (Lipinski definition) is 5. The lowest BCUT2D eigenvalue weighted by Crippen LogP contribution is -2.15. The van der Waals surface area contributed by atoms with Gasteiger partial charge in [0, 0.05) is 18.9 Å². The summed E-state index contributed by atoms with van der Waals surface area (Å²) in [6, 6.07) is 9.00. The molecular weight excluding hydrogens is 256 g/mol. The third-order valence-corrected chi connectivity index (χ3v) is 2.88. The molecule has 1 N–H and O–H groups in total. The molecule has 2 rings (SSSR count). The molecule has 6 heteroatoms. The fourth-order valence-corrected chi connectivity index (χ4v) is 1.70. The average molecular weight is 268 g/mol. The van der Waals surface area contributed by atoms with Crippen LogP contribution in [0.2, 0.25) is 0 Å². The van der Waals surface area contributed by atoms with Crippen molar-refractivity contribution in [3.05, 3.63) is 47.3 Å². The van der Waals surface area contributed by atoms with Crippen LogP contribution >= 0.6 is 0 Å². The number of nitriles is 1. The number of rotatable bonds is 3. The lowest BCUT2D eigenvalue weighted by atomic mass is 10.2. The van der Waals surface area contributed by atoms with Crippen LogP contribution in [-0.4, -0.2) is 28.1 Å². The van der Waals surface area contributed by atoms with Crippen LogP contribution < -0.4 is 4.90 Å². The fourth-order valence-electron chi connectivity index (χ4n) is 1.70. The molecule has 0 spiro atoms. The summed E-state index contributed by atoms with van der Waals surface area (Å²) >= 11 is 0. The second-order valence-corrected chi connectivity index (χ2v) is 4.19. The average Bonchev–Trinajstić information content (AvgIpc) is 2.46. The van der Waals surface area contributed by atoms with Gasteiger partial charge in [-0.25, -0.2) is 14.8 Å². The lowest BCUT2D eigenvalue weighted by Gasteiger charge is -2.17. The minimum atomic E-state index is -1.05. The van der Waals surface area contributed by atoms with Gasteiger partial charge < -0.3 is 10.0 Å². The standard InChI is InChI=1S/C14H12N4O2/c1-9-12(13(19)20)8-16-14(17-9)18(2)11-5-3-10(7-15)4-6-11/h3-6,8H,1-2H3,(H,19,20). The summed E-state index contributed by atoms with van der Waals surface area (Å²) in [5, 5.41) is 17.7. The molecular formula is C14H12N4O2. The summed E-state index contributed by atoms with van der Waals surface area (Å²) in [5.41, 5.74) is 1.87.